The van der Waals surface area contributed by atoms with Gasteiger partial charge < -0.3 is 14.8 Å². The molecule has 37 heavy (non-hydrogen) atoms. The maximum atomic E-state index is 13.0. The first-order valence-electron chi connectivity index (χ1n) is 13.0. The standard InChI is InChI=1S/C31H35N3O3/c1-30(2)18-23-17-25(36-5)28-24(19-31(3,4)37-28)26(23)27(34-30)21-9-6-10-22(16-21)29(35)33-13-7-8-20-11-14-32-15-12-20/h6,9-12,14-17H,7-8,13,18-19H2,1-5H3,(H,33,35). The van der Waals surface area contributed by atoms with Crippen LogP contribution in [0.2, 0.25) is 0 Å². The number of carbonyl (C=O) groups is 1. The minimum absolute atomic E-state index is 0.0723. The van der Waals surface area contributed by atoms with Crippen LogP contribution in [-0.2, 0) is 19.3 Å². The van der Waals surface area contributed by atoms with Crippen molar-refractivity contribution in [3.8, 4) is 11.5 Å². The van der Waals surface area contributed by atoms with Crippen molar-refractivity contribution in [2.75, 3.05) is 13.7 Å². The lowest BCUT2D eigenvalue weighted by molar-refractivity contribution is 0.0953. The summed E-state index contributed by atoms with van der Waals surface area (Å²) in [6.07, 6.45) is 6.95. The largest absolute Gasteiger partial charge is 0.493 e. The number of fused-ring (bicyclic) bond motifs is 3. The molecule has 3 heterocycles. The number of carbonyl (C=O) groups excluding carboxylic acids is 1. The molecule has 0 radical (unpaired) electrons. The Hall–Kier alpha value is -3.67. The van der Waals surface area contributed by atoms with E-state index < -0.39 is 0 Å². The number of aryl methyl sites for hydroxylation is 1. The average Bonchev–Trinajstić information content (AvgIpc) is 3.20. The molecule has 3 aromatic rings. The number of pyridine rings is 1. The summed E-state index contributed by atoms with van der Waals surface area (Å²) in [5.41, 5.74) is 6.58. The van der Waals surface area contributed by atoms with Crippen LogP contribution in [0.25, 0.3) is 0 Å². The van der Waals surface area contributed by atoms with E-state index in [1.807, 2.05) is 36.4 Å². The second kappa shape index (κ2) is 9.66. The van der Waals surface area contributed by atoms with Crippen LogP contribution in [0.15, 0.2) is 59.9 Å². The van der Waals surface area contributed by atoms with Crippen LogP contribution >= 0.6 is 0 Å². The number of methoxy groups -OCH3 is 1. The van der Waals surface area contributed by atoms with Gasteiger partial charge >= 0.3 is 0 Å². The first kappa shape index (κ1) is 25.0. The predicted octanol–water partition coefficient (Wildman–Crippen LogP) is 5.34. The van der Waals surface area contributed by atoms with E-state index in [0.717, 1.165) is 59.6 Å². The molecule has 0 aliphatic carbocycles. The number of amides is 1. The van der Waals surface area contributed by atoms with Crippen LogP contribution in [0.5, 0.6) is 11.5 Å². The molecule has 0 spiro atoms. The molecule has 0 bridgehead atoms. The van der Waals surface area contributed by atoms with Gasteiger partial charge in [-0.3, -0.25) is 14.8 Å². The lowest BCUT2D eigenvalue weighted by atomic mass is 9.80. The number of nitrogens with zero attached hydrogens (tertiary/aromatic N) is 2. The van der Waals surface area contributed by atoms with Gasteiger partial charge in [0.25, 0.3) is 5.91 Å². The Kier molecular flexibility index (Phi) is 6.52. The van der Waals surface area contributed by atoms with Crippen LogP contribution in [0.3, 0.4) is 0 Å². The Bertz CT molecular complexity index is 1360. The fourth-order valence-electron chi connectivity index (χ4n) is 5.38. The number of nitrogens with one attached hydrogen (secondary N) is 1. The zero-order chi connectivity index (χ0) is 26.2. The van der Waals surface area contributed by atoms with Crippen molar-refractivity contribution in [3.05, 3.63) is 88.2 Å². The highest BCUT2D eigenvalue weighted by Crippen LogP contribution is 2.47. The molecule has 5 rings (SSSR count). The van der Waals surface area contributed by atoms with Crippen molar-refractivity contribution in [2.45, 2.75) is 64.5 Å². The molecule has 192 valence electrons. The minimum atomic E-state index is -0.319. The third-order valence-electron chi connectivity index (χ3n) is 6.98. The van der Waals surface area contributed by atoms with E-state index in [1.165, 1.54) is 11.1 Å². The molecule has 6 heteroatoms. The van der Waals surface area contributed by atoms with Gasteiger partial charge in [-0.2, -0.15) is 0 Å². The van der Waals surface area contributed by atoms with Crippen molar-refractivity contribution >= 4 is 11.6 Å². The molecule has 1 N–H and O–H groups in total. The Morgan fingerprint density at radius 1 is 1.08 bits per heavy atom. The number of rotatable bonds is 7. The molecule has 2 aromatic carbocycles. The summed E-state index contributed by atoms with van der Waals surface area (Å²) in [5.74, 6) is 1.51. The van der Waals surface area contributed by atoms with Gasteiger partial charge in [-0.05, 0) is 88.4 Å². The lowest BCUT2D eigenvalue weighted by Crippen LogP contribution is -2.31. The first-order chi connectivity index (χ1) is 17.7. The molecule has 0 saturated heterocycles. The van der Waals surface area contributed by atoms with E-state index in [9.17, 15) is 4.79 Å². The van der Waals surface area contributed by atoms with E-state index >= 15 is 0 Å². The molecule has 0 atom stereocenters. The zero-order valence-corrected chi connectivity index (χ0v) is 22.4. The summed E-state index contributed by atoms with van der Waals surface area (Å²) >= 11 is 0. The van der Waals surface area contributed by atoms with Gasteiger partial charge in [0.15, 0.2) is 11.5 Å². The Balaban J connectivity index is 1.43. The van der Waals surface area contributed by atoms with E-state index in [2.05, 4.69) is 44.1 Å². The monoisotopic (exact) mass is 497 g/mol. The third-order valence-corrected chi connectivity index (χ3v) is 6.98. The maximum absolute atomic E-state index is 13.0. The summed E-state index contributed by atoms with van der Waals surface area (Å²) < 4.78 is 12.1. The molecule has 1 amide bonds. The highest BCUT2D eigenvalue weighted by atomic mass is 16.5. The normalized spacial score (nSPS) is 16.7. The van der Waals surface area contributed by atoms with Gasteiger partial charge in [-0.15, -0.1) is 0 Å². The van der Waals surface area contributed by atoms with E-state index in [-0.39, 0.29) is 17.0 Å². The lowest BCUT2D eigenvalue weighted by Gasteiger charge is -2.31. The van der Waals surface area contributed by atoms with Gasteiger partial charge in [-0.1, -0.05) is 12.1 Å². The fraction of sp³-hybridized carbons (Fsp3) is 0.387. The Morgan fingerprint density at radius 3 is 2.62 bits per heavy atom. The summed E-state index contributed by atoms with van der Waals surface area (Å²) in [4.78, 5) is 22.3. The third kappa shape index (κ3) is 5.24. The number of ether oxygens (including phenoxy) is 2. The van der Waals surface area contributed by atoms with Crippen molar-refractivity contribution in [3.63, 3.8) is 0 Å². The van der Waals surface area contributed by atoms with Gasteiger partial charge in [0.2, 0.25) is 0 Å². The number of aromatic nitrogens is 1. The summed E-state index contributed by atoms with van der Waals surface area (Å²) in [6.45, 7) is 9.11. The van der Waals surface area contributed by atoms with Crippen LogP contribution in [-0.4, -0.2) is 41.4 Å². The SMILES string of the molecule is COc1cc2c(c3c1OC(C)(C)C3)C(c1cccc(C(=O)NCCCc3ccncc3)c1)=NC(C)(C)C2. The van der Waals surface area contributed by atoms with Crippen LogP contribution < -0.4 is 14.8 Å². The molecule has 2 aliphatic heterocycles. The molecule has 0 fully saturated rings. The highest BCUT2D eigenvalue weighted by molar-refractivity contribution is 6.16. The van der Waals surface area contributed by atoms with Gasteiger partial charge in [0.1, 0.15) is 5.60 Å². The Labute approximate surface area is 219 Å². The topological polar surface area (TPSA) is 72.8 Å². The van der Waals surface area contributed by atoms with Crippen molar-refractivity contribution < 1.29 is 14.3 Å². The number of hydrogen-bond donors (Lipinski definition) is 1. The van der Waals surface area contributed by atoms with Gasteiger partial charge in [0.05, 0.1) is 18.4 Å². The zero-order valence-electron chi connectivity index (χ0n) is 22.4. The number of benzene rings is 2. The quantitative estimate of drug-likeness (QED) is 0.448. The van der Waals surface area contributed by atoms with Crippen LogP contribution in [0.4, 0.5) is 0 Å². The first-order valence-corrected chi connectivity index (χ1v) is 13.0. The smallest absolute Gasteiger partial charge is 0.251 e. The predicted molar refractivity (Wildman–Crippen MR) is 146 cm³/mol. The number of hydrogen-bond acceptors (Lipinski definition) is 5. The average molecular weight is 498 g/mol. The number of aliphatic imine (C=N–C) groups is 1. The minimum Gasteiger partial charge on any atom is -0.493 e. The van der Waals surface area contributed by atoms with Crippen LogP contribution in [0.1, 0.15) is 72.3 Å². The summed E-state index contributed by atoms with van der Waals surface area (Å²) in [6, 6.07) is 13.9. The molecule has 0 unspecified atom stereocenters. The van der Waals surface area contributed by atoms with E-state index in [4.69, 9.17) is 14.5 Å². The Morgan fingerprint density at radius 2 is 1.86 bits per heavy atom. The van der Waals surface area contributed by atoms with E-state index in [0.29, 0.717) is 12.1 Å². The summed E-state index contributed by atoms with van der Waals surface area (Å²) in [5, 5.41) is 3.07. The second-order valence-corrected chi connectivity index (χ2v) is 11.2. The van der Waals surface area contributed by atoms with Crippen molar-refractivity contribution in [1.29, 1.82) is 0 Å². The summed E-state index contributed by atoms with van der Waals surface area (Å²) in [7, 11) is 1.69. The van der Waals surface area contributed by atoms with Crippen molar-refractivity contribution in [2.24, 2.45) is 4.99 Å². The maximum Gasteiger partial charge on any atom is 0.251 e. The van der Waals surface area contributed by atoms with Crippen molar-refractivity contribution in [1.82, 2.24) is 10.3 Å². The van der Waals surface area contributed by atoms with Gasteiger partial charge in [0, 0.05) is 47.6 Å². The van der Waals surface area contributed by atoms with Crippen LogP contribution in [0, 0.1) is 0 Å². The molecular formula is C31H35N3O3. The second-order valence-electron chi connectivity index (χ2n) is 11.2. The molecule has 0 saturated carbocycles. The molecule has 2 aliphatic rings. The van der Waals surface area contributed by atoms with Gasteiger partial charge in [-0.25, -0.2) is 0 Å². The molecular weight excluding hydrogens is 462 g/mol. The molecule has 6 nitrogen and oxygen atoms in total. The molecule has 1 aromatic heterocycles. The fourth-order valence-corrected chi connectivity index (χ4v) is 5.38. The van der Waals surface area contributed by atoms with E-state index in [1.54, 1.807) is 19.5 Å². The highest BCUT2D eigenvalue weighted by Gasteiger charge is 2.39.